The van der Waals surface area contributed by atoms with E-state index in [2.05, 4.69) is 0 Å². The molecule has 0 aromatic rings. The molecule has 0 aliphatic carbocycles. The van der Waals surface area contributed by atoms with Crippen molar-refractivity contribution >= 4 is 68.7 Å². The number of carbonyl (C=O) groups is 1. The van der Waals surface area contributed by atoms with E-state index < -0.39 is 32.6 Å². The van der Waals surface area contributed by atoms with Gasteiger partial charge in [0.05, 0.1) is 58.1 Å². The molecule has 2 unspecified atom stereocenters. The highest BCUT2D eigenvalue weighted by atomic mass is 16.4. The second-order valence-corrected chi connectivity index (χ2v) is 8.25. The molecule has 0 aliphatic heterocycles. The summed E-state index contributed by atoms with van der Waals surface area (Å²) in [6.07, 6.45) is 16.5. The number of carboxylic acid groups (broad SMARTS) is 1. The fourth-order valence-electron chi connectivity index (χ4n) is 2.20. The third kappa shape index (κ3) is 16.9. The summed E-state index contributed by atoms with van der Waals surface area (Å²) < 4.78 is 0. The number of carboxylic acids is 1. The fourth-order valence-corrected chi connectivity index (χ4v) is 2.20. The van der Waals surface area contributed by atoms with E-state index in [1.165, 1.54) is 48.6 Å². The number of rotatable bonds is 14. The molecule has 0 amide bonds. The van der Waals surface area contributed by atoms with Gasteiger partial charge in [-0.1, -0.05) is 95.5 Å². The maximum absolute atomic E-state index is 10.5. The van der Waals surface area contributed by atoms with Crippen LogP contribution in [0, 0.1) is 0 Å². The number of hydrogen-bond acceptors (Lipinski definition) is 3. The highest BCUT2D eigenvalue weighted by molar-refractivity contribution is 6.45. The molecule has 0 saturated carbocycles. The van der Waals surface area contributed by atoms with Crippen LogP contribution in [0.2, 0.25) is 15.6 Å². The van der Waals surface area contributed by atoms with Crippen LogP contribution in [-0.4, -0.2) is 95.1 Å². The van der Waals surface area contributed by atoms with E-state index in [1.54, 1.807) is 12.2 Å². The molecule has 160 valence electrons. The number of hydrogen-bond donors (Lipinski definition) is 3. The summed E-state index contributed by atoms with van der Waals surface area (Å²) in [4.78, 5) is 10.5. The van der Waals surface area contributed by atoms with Crippen LogP contribution in [0.1, 0.15) is 26.2 Å². The van der Waals surface area contributed by atoms with E-state index in [9.17, 15) is 15.0 Å². The minimum absolute atomic E-state index is 0.109. The van der Waals surface area contributed by atoms with Gasteiger partial charge in [-0.3, -0.25) is 4.79 Å². The van der Waals surface area contributed by atoms with Crippen LogP contribution in [0.4, 0.5) is 0 Å². The summed E-state index contributed by atoms with van der Waals surface area (Å²) in [5.74, 6) is -0.977. The third-order valence-corrected chi connectivity index (χ3v) is 4.13. The number of aliphatic hydroxyl groups is 2. The fraction of sp³-hybridized carbons (Fsp3) is 0.409. The Balaban J connectivity index is 5.26. The molecule has 0 heterocycles. The molecule has 0 aromatic heterocycles. The van der Waals surface area contributed by atoms with Crippen molar-refractivity contribution in [1.29, 1.82) is 0 Å². The summed E-state index contributed by atoms with van der Waals surface area (Å²) in [5, 5.41) is 24.5. The van der Waals surface area contributed by atoms with Gasteiger partial charge in [0.2, 0.25) is 0 Å². The zero-order chi connectivity index (χ0) is 26.7. The molecule has 0 spiro atoms. The molecule has 0 aliphatic rings. The summed E-state index contributed by atoms with van der Waals surface area (Å²) in [5.41, 5.74) is -3.86. The molecular weight excluding hydrogens is 415 g/mol. The summed E-state index contributed by atoms with van der Waals surface area (Å²) in [7, 11) is 46.9. The maximum Gasteiger partial charge on any atom is 0.303 e. The van der Waals surface area contributed by atoms with Crippen molar-refractivity contribution in [3.8, 4) is 0 Å². The second-order valence-electron chi connectivity index (χ2n) is 8.25. The predicted octanol–water partition coefficient (Wildman–Crippen LogP) is 0.672. The number of aliphatic carboxylic acids is 1. The Bertz CT molecular complexity index is 838. The van der Waals surface area contributed by atoms with Crippen molar-refractivity contribution < 1.29 is 20.1 Å². The Morgan fingerprint density at radius 1 is 0.618 bits per heavy atom. The van der Waals surface area contributed by atoms with Crippen molar-refractivity contribution in [3.63, 3.8) is 0 Å². The topological polar surface area (TPSA) is 77.8 Å². The van der Waals surface area contributed by atoms with E-state index in [4.69, 9.17) is 67.9 Å². The van der Waals surface area contributed by atoms with Crippen LogP contribution in [0.3, 0.4) is 0 Å². The minimum Gasteiger partial charge on any atom is -0.481 e. The monoisotopic (exact) mass is 440 g/mol. The Morgan fingerprint density at radius 3 is 1.35 bits per heavy atom. The molecule has 12 heteroatoms. The van der Waals surface area contributed by atoms with Gasteiger partial charge in [0.1, 0.15) is 15.7 Å². The smallest absolute Gasteiger partial charge is 0.303 e. The molecule has 34 heavy (non-hydrogen) atoms. The Kier molecular flexibility index (Phi) is 12.8. The van der Waals surface area contributed by atoms with Gasteiger partial charge in [0.15, 0.2) is 0 Å². The SMILES string of the molecule is [B]C([B])(/C=C\C([B])([B])/C=C\C([B])(O)/C=C\C([B])([B])/C=C\CC)/C=C\C([B])(O)/C=C\CCC(=O)O. The van der Waals surface area contributed by atoms with Gasteiger partial charge in [-0.05, 0) is 12.8 Å². The lowest BCUT2D eigenvalue weighted by Gasteiger charge is -2.25. The zero-order valence-electron chi connectivity index (χ0n) is 19.4. The first kappa shape index (κ1) is 32.3. The molecule has 0 bridgehead atoms. The third-order valence-electron chi connectivity index (χ3n) is 4.13. The van der Waals surface area contributed by atoms with Gasteiger partial charge < -0.3 is 15.3 Å². The van der Waals surface area contributed by atoms with Crippen LogP contribution in [0.15, 0.2) is 72.9 Å². The summed E-state index contributed by atoms with van der Waals surface area (Å²) in [6, 6.07) is 0. The van der Waals surface area contributed by atoms with Crippen molar-refractivity contribution in [2.24, 2.45) is 0 Å². The largest absolute Gasteiger partial charge is 0.481 e. The van der Waals surface area contributed by atoms with E-state index in [0.717, 1.165) is 18.6 Å². The van der Waals surface area contributed by atoms with Gasteiger partial charge >= 0.3 is 5.97 Å². The Labute approximate surface area is 214 Å². The zero-order valence-corrected chi connectivity index (χ0v) is 19.4. The molecule has 4 nitrogen and oxygen atoms in total. The number of allylic oxidation sites excluding steroid dienone is 8. The van der Waals surface area contributed by atoms with E-state index in [1.807, 2.05) is 6.92 Å². The van der Waals surface area contributed by atoms with Crippen LogP contribution in [0.25, 0.3) is 0 Å². The van der Waals surface area contributed by atoms with E-state index in [0.29, 0.717) is 0 Å². The molecule has 0 aromatic carbocycles. The van der Waals surface area contributed by atoms with Gasteiger partial charge in [-0.15, -0.1) is 0 Å². The van der Waals surface area contributed by atoms with Crippen LogP contribution in [0.5, 0.6) is 0 Å². The Morgan fingerprint density at radius 2 is 0.971 bits per heavy atom. The average Bonchev–Trinajstić information content (AvgIpc) is 2.71. The normalized spacial score (nSPS) is 18.0. The lowest BCUT2D eigenvalue weighted by Crippen LogP contribution is -2.25. The first-order valence-electron chi connectivity index (χ1n) is 10.4. The van der Waals surface area contributed by atoms with Gasteiger partial charge in [-0.2, -0.15) is 0 Å². The second kappa shape index (κ2) is 13.4. The molecule has 2 atom stereocenters. The standard InChI is InChI=1S/C22H24B8O4/c1-2-3-7-18(23,24)11-15-22(30,34)16-13-20(27,28)10-9-19(25,26)12-14-21(29,33)8-5-4-6-17(31)32/h3,5,7-16,33-34H,2,4,6H2,1H3,(H,31,32)/b7-3-,8-5-,10-9-,14-12-,15-11-,16-13-. The molecule has 16 radical (unpaired) electrons. The predicted molar refractivity (Wildman–Crippen MR) is 146 cm³/mol. The average molecular weight is 439 g/mol. The van der Waals surface area contributed by atoms with Gasteiger partial charge in [0.25, 0.3) is 0 Å². The molecule has 3 N–H and O–H groups in total. The van der Waals surface area contributed by atoms with Gasteiger partial charge in [0, 0.05) is 6.42 Å². The van der Waals surface area contributed by atoms with Gasteiger partial charge in [-0.25, -0.2) is 0 Å². The summed E-state index contributed by atoms with van der Waals surface area (Å²) in [6.45, 7) is 1.92. The van der Waals surface area contributed by atoms with Crippen molar-refractivity contribution in [2.75, 3.05) is 0 Å². The molecule has 0 fully saturated rings. The minimum atomic E-state index is -1.95. The quantitative estimate of drug-likeness (QED) is 0.275. The van der Waals surface area contributed by atoms with Crippen molar-refractivity contribution in [1.82, 2.24) is 0 Å². The maximum atomic E-state index is 10.5. The molecule has 0 saturated heterocycles. The van der Waals surface area contributed by atoms with Crippen molar-refractivity contribution in [3.05, 3.63) is 72.9 Å². The molecule has 0 rings (SSSR count). The highest BCUT2D eigenvalue weighted by Gasteiger charge is 2.19. The summed E-state index contributed by atoms with van der Waals surface area (Å²) >= 11 is 0. The first-order chi connectivity index (χ1) is 15.3. The molecular formula is C22H24B8O4. The van der Waals surface area contributed by atoms with Crippen LogP contribution in [-0.2, 0) is 4.79 Å². The highest BCUT2D eigenvalue weighted by Crippen LogP contribution is 2.29. The van der Waals surface area contributed by atoms with Crippen LogP contribution < -0.4 is 0 Å². The van der Waals surface area contributed by atoms with E-state index in [-0.39, 0.29) is 12.8 Å². The lowest BCUT2D eigenvalue weighted by molar-refractivity contribution is -0.136. The lowest BCUT2D eigenvalue weighted by atomic mass is 9.49. The van der Waals surface area contributed by atoms with E-state index >= 15 is 0 Å². The van der Waals surface area contributed by atoms with Crippen LogP contribution >= 0.6 is 0 Å². The Hall–Kier alpha value is -1.65. The first-order valence-corrected chi connectivity index (χ1v) is 10.4. The van der Waals surface area contributed by atoms with Crippen molar-refractivity contribution in [2.45, 2.75) is 52.8 Å².